The van der Waals surface area contributed by atoms with Crippen molar-refractivity contribution in [3.05, 3.63) is 0 Å². The summed E-state index contributed by atoms with van der Waals surface area (Å²) in [5, 5.41) is 0. The third-order valence-electron chi connectivity index (χ3n) is 2.31. The molecule has 2 atom stereocenters. The van der Waals surface area contributed by atoms with Gasteiger partial charge in [0.2, 0.25) is 0 Å². The largest absolute Gasteiger partial charge is 0.420 e. The summed E-state index contributed by atoms with van der Waals surface area (Å²) in [4.78, 5) is 0. The maximum Gasteiger partial charge on any atom is 0.269 e. The molecule has 0 aromatic rings. The number of hydrogen-bond acceptors (Lipinski definition) is 1. The first-order valence-electron chi connectivity index (χ1n) is 4.74. The summed E-state index contributed by atoms with van der Waals surface area (Å²) in [6, 6.07) is 1.58. The van der Waals surface area contributed by atoms with Crippen molar-refractivity contribution in [2.45, 2.75) is 43.9 Å². The van der Waals surface area contributed by atoms with E-state index in [4.69, 9.17) is 4.43 Å². The second-order valence-electron chi connectivity index (χ2n) is 3.42. The lowest BCUT2D eigenvalue weighted by Gasteiger charge is -2.21. The second kappa shape index (κ2) is 5.65. The Balaban J connectivity index is 2.10. The Bertz CT molecular complexity index is 139. The van der Waals surface area contributed by atoms with Crippen LogP contribution in [0.2, 0.25) is 12.1 Å². The first-order chi connectivity index (χ1) is 6.20. The highest BCUT2D eigenvalue weighted by atomic mass is 28.3. The number of halogens is 3. The molecule has 0 saturated carbocycles. The summed E-state index contributed by atoms with van der Waals surface area (Å²) in [5.74, 6) is 0. The molecule has 1 heterocycles. The molecule has 2 unspecified atom stereocenters. The van der Waals surface area contributed by atoms with Gasteiger partial charge in [-0.25, -0.2) is 13.2 Å². The minimum Gasteiger partial charge on any atom is -0.420 e. The molecule has 78 valence electrons. The molecule has 5 heteroatoms. The van der Waals surface area contributed by atoms with Gasteiger partial charge in [0, 0.05) is 6.61 Å². The Hall–Kier alpha value is -0.0331. The van der Waals surface area contributed by atoms with Gasteiger partial charge in [-0.2, -0.15) is 0 Å². The van der Waals surface area contributed by atoms with Gasteiger partial charge in [-0.3, -0.25) is 0 Å². The lowest BCUT2D eigenvalue weighted by molar-refractivity contribution is 0.0475. The predicted octanol–water partition coefficient (Wildman–Crippen LogP) is 2.51. The second-order valence-corrected chi connectivity index (χ2v) is 6.15. The van der Waals surface area contributed by atoms with Crippen molar-refractivity contribution in [3.63, 3.8) is 0 Å². The van der Waals surface area contributed by atoms with E-state index >= 15 is 0 Å². The fraction of sp³-hybridized carbons (Fsp3) is 1.00. The summed E-state index contributed by atoms with van der Waals surface area (Å²) in [6.07, 6.45) is -2.59. The maximum atomic E-state index is 12.5. The summed E-state index contributed by atoms with van der Waals surface area (Å²) < 4.78 is 41.5. The highest BCUT2D eigenvalue weighted by Crippen LogP contribution is 2.19. The molecule has 1 aliphatic heterocycles. The predicted molar refractivity (Wildman–Crippen MR) is 47.5 cm³/mol. The van der Waals surface area contributed by atoms with Gasteiger partial charge in [0.05, 0.1) is 0 Å². The van der Waals surface area contributed by atoms with Crippen molar-refractivity contribution in [3.8, 4) is 0 Å². The third-order valence-corrected chi connectivity index (χ3v) is 5.05. The Labute approximate surface area is 78.0 Å². The SMILES string of the molecule is FC(F)C(F)CC[SiH]1CCCCO1. The number of hydrogen-bond donors (Lipinski definition) is 0. The molecule has 0 N–H and O–H groups in total. The minimum absolute atomic E-state index is 0.0193. The zero-order valence-corrected chi connectivity index (χ0v) is 8.67. The molecular weight excluding hydrogens is 197 g/mol. The molecule has 0 amide bonds. The summed E-state index contributed by atoms with van der Waals surface area (Å²) in [5.41, 5.74) is 0. The first-order valence-corrected chi connectivity index (χ1v) is 6.84. The van der Waals surface area contributed by atoms with E-state index in [1.165, 1.54) is 0 Å². The van der Waals surface area contributed by atoms with Crippen LogP contribution in [0.1, 0.15) is 19.3 Å². The van der Waals surface area contributed by atoms with Crippen molar-refractivity contribution in [2.75, 3.05) is 6.61 Å². The van der Waals surface area contributed by atoms with Gasteiger partial charge in [-0.1, -0.05) is 6.42 Å². The summed E-state index contributed by atoms with van der Waals surface area (Å²) >= 11 is 0. The van der Waals surface area contributed by atoms with E-state index in [0.29, 0.717) is 6.04 Å². The van der Waals surface area contributed by atoms with E-state index in [1.807, 2.05) is 0 Å². The average molecular weight is 212 g/mol. The lowest BCUT2D eigenvalue weighted by atomic mass is 10.3. The first kappa shape index (κ1) is 11.0. The molecule has 0 aliphatic carbocycles. The minimum atomic E-state index is -2.82. The molecule has 13 heavy (non-hydrogen) atoms. The van der Waals surface area contributed by atoms with Crippen molar-refractivity contribution in [1.29, 1.82) is 0 Å². The number of alkyl halides is 3. The summed E-state index contributed by atoms with van der Waals surface area (Å²) in [6.45, 7) is 0.752. The Kier molecular flexibility index (Phi) is 4.80. The van der Waals surface area contributed by atoms with E-state index in [9.17, 15) is 13.2 Å². The van der Waals surface area contributed by atoms with E-state index in [0.717, 1.165) is 25.5 Å². The molecule has 1 aliphatic rings. The van der Waals surface area contributed by atoms with Crippen LogP contribution in [0.3, 0.4) is 0 Å². The summed E-state index contributed by atoms with van der Waals surface area (Å²) in [7, 11) is -1.30. The Morgan fingerprint density at radius 2 is 2.00 bits per heavy atom. The van der Waals surface area contributed by atoms with Crippen molar-refractivity contribution < 1.29 is 17.6 Å². The van der Waals surface area contributed by atoms with Gasteiger partial charge in [0.15, 0.2) is 15.2 Å². The quantitative estimate of drug-likeness (QED) is 0.651. The maximum absolute atomic E-state index is 12.5. The monoisotopic (exact) mass is 212 g/mol. The van der Waals surface area contributed by atoms with E-state index in [2.05, 4.69) is 0 Å². The molecule has 0 aromatic carbocycles. The molecule has 0 spiro atoms. The van der Waals surface area contributed by atoms with E-state index in [1.54, 1.807) is 0 Å². The Morgan fingerprint density at radius 1 is 1.23 bits per heavy atom. The molecule has 1 fully saturated rings. The van der Waals surface area contributed by atoms with Crippen molar-refractivity contribution in [1.82, 2.24) is 0 Å². The van der Waals surface area contributed by atoms with Gasteiger partial charge >= 0.3 is 0 Å². The van der Waals surface area contributed by atoms with Crippen LogP contribution in [0.25, 0.3) is 0 Å². The van der Waals surface area contributed by atoms with Gasteiger partial charge in [-0.15, -0.1) is 0 Å². The van der Waals surface area contributed by atoms with Gasteiger partial charge in [0.1, 0.15) is 0 Å². The van der Waals surface area contributed by atoms with Crippen LogP contribution in [-0.2, 0) is 4.43 Å². The van der Waals surface area contributed by atoms with Crippen LogP contribution in [0.5, 0.6) is 0 Å². The Morgan fingerprint density at radius 3 is 2.54 bits per heavy atom. The smallest absolute Gasteiger partial charge is 0.269 e. The van der Waals surface area contributed by atoms with Gasteiger partial charge < -0.3 is 4.43 Å². The van der Waals surface area contributed by atoms with Crippen LogP contribution in [0, 0.1) is 0 Å². The zero-order valence-electron chi connectivity index (χ0n) is 7.52. The van der Waals surface area contributed by atoms with Crippen LogP contribution in [0.4, 0.5) is 13.2 Å². The van der Waals surface area contributed by atoms with Crippen LogP contribution >= 0.6 is 0 Å². The molecular formula is C8H15F3OSi. The number of rotatable bonds is 4. The average Bonchev–Trinajstić information content (AvgIpc) is 2.15. The van der Waals surface area contributed by atoms with Crippen molar-refractivity contribution >= 4 is 9.04 Å². The molecule has 1 nitrogen and oxygen atoms in total. The standard InChI is InChI=1S/C8H15F3OSi/c9-7(8(10)11)3-6-13-5-2-1-4-12-13/h7-8,13H,1-6H2. The molecule has 0 aromatic heterocycles. The lowest BCUT2D eigenvalue weighted by Crippen LogP contribution is -2.25. The van der Waals surface area contributed by atoms with Crippen LogP contribution < -0.4 is 0 Å². The fourth-order valence-corrected chi connectivity index (χ4v) is 4.06. The third kappa shape index (κ3) is 4.13. The molecule has 0 bridgehead atoms. The zero-order chi connectivity index (χ0) is 9.68. The van der Waals surface area contributed by atoms with Crippen LogP contribution in [0.15, 0.2) is 0 Å². The van der Waals surface area contributed by atoms with Crippen molar-refractivity contribution in [2.24, 2.45) is 0 Å². The molecule has 1 rings (SSSR count). The van der Waals surface area contributed by atoms with Crippen LogP contribution in [-0.4, -0.2) is 28.2 Å². The fourth-order valence-electron chi connectivity index (χ4n) is 1.51. The van der Waals surface area contributed by atoms with Gasteiger partial charge in [-0.05, 0) is 24.9 Å². The highest BCUT2D eigenvalue weighted by molar-refractivity contribution is 6.51. The van der Waals surface area contributed by atoms with Gasteiger partial charge in [0.25, 0.3) is 6.43 Å². The topological polar surface area (TPSA) is 9.23 Å². The molecule has 0 radical (unpaired) electrons. The highest BCUT2D eigenvalue weighted by Gasteiger charge is 2.23. The van der Waals surface area contributed by atoms with E-state index in [-0.39, 0.29) is 6.42 Å². The normalized spacial score (nSPS) is 26.3. The molecule has 1 saturated heterocycles. The van der Waals surface area contributed by atoms with E-state index < -0.39 is 21.6 Å².